The van der Waals surface area contributed by atoms with Gasteiger partial charge in [0.15, 0.2) is 0 Å². The molecule has 0 bridgehead atoms. The average Bonchev–Trinajstić information content (AvgIpc) is 2.82. The van der Waals surface area contributed by atoms with Gasteiger partial charge in [0.2, 0.25) is 11.8 Å². The Morgan fingerprint density at radius 1 is 0.900 bits per heavy atom. The number of nitrogens with zero attached hydrogens (tertiary/aromatic N) is 1. The molecule has 2 aliphatic rings. The first kappa shape index (κ1) is 31.5. The van der Waals surface area contributed by atoms with Gasteiger partial charge in [0.1, 0.15) is 11.1 Å². The van der Waals surface area contributed by atoms with E-state index in [0.29, 0.717) is 50.9 Å². The third-order valence-electron chi connectivity index (χ3n) is 7.10. The van der Waals surface area contributed by atoms with E-state index < -0.39 is 52.3 Å². The number of benzene rings is 1. The topological polar surface area (TPSA) is 87.7 Å². The number of amides is 3. The molecule has 1 saturated carbocycles. The van der Waals surface area contributed by atoms with E-state index >= 15 is 0 Å². The molecule has 3 amide bonds. The number of rotatable bonds is 5. The maximum Gasteiger partial charge on any atom is 0.416 e. The van der Waals surface area contributed by atoms with Gasteiger partial charge < -0.3 is 20.3 Å². The summed E-state index contributed by atoms with van der Waals surface area (Å²) in [5.74, 6) is -1.16. The highest BCUT2D eigenvalue weighted by Crippen LogP contribution is 2.38. The molecule has 0 aromatic heterocycles. The summed E-state index contributed by atoms with van der Waals surface area (Å²) in [4.78, 5) is 40.3. The minimum absolute atomic E-state index is 0.000847. The summed E-state index contributed by atoms with van der Waals surface area (Å²) in [6.07, 6.45) is -6.57. The van der Waals surface area contributed by atoms with E-state index in [0.717, 1.165) is 19.3 Å². The number of carbonyl (C=O) groups is 3. The second kappa shape index (κ2) is 11.9. The molecule has 0 radical (unpaired) electrons. The SMILES string of the molecule is CC(C)(C)OC(=O)NC1(C(=O)N2CCC(CC(=O)Nc3cc(C(F)(F)F)cc(C(F)(F)F)c3)CC2)CCCCC1. The number of hydrogen-bond donors (Lipinski definition) is 2. The summed E-state index contributed by atoms with van der Waals surface area (Å²) >= 11 is 0. The van der Waals surface area contributed by atoms with Crippen LogP contribution in [0.4, 0.5) is 36.8 Å². The first-order chi connectivity index (χ1) is 18.4. The van der Waals surface area contributed by atoms with Crippen molar-refractivity contribution in [2.75, 3.05) is 18.4 Å². The van der Waals surface area contributed by atoms with Crippen LogP contribution in [0.15, 0.2) is 18.2 Å². The highest BCUT2D eigenvalue weighted by Gasteiger charge is 2.45. The Balaban J connectivity index is 1.61. The summed E-state index contributed by atoms with van der Waals surface area (Å²) in [6.45, 7) is 5.79. The van der Waals surface area contributed by atoms with Crippen molar-refractivity contribution in [1.82, 2.24) is 10.2 Å². The molecule has 1 aromatic rings. The largest absolute Gasteiger partial charge is 0.444 e. The summed E-state index contributed by atoms with van der Waals surface area (Å²) in [6, 6.07) is 0.935. The Labute approximate surface area is 229 Å². The van der Waals surface area contributed by atoms with Crippen molar-refractivity contribution in [2.45, 2.75) is 95.6 Å². The van der Waals surface area contributed by atoms with E-state index in [1.807, 2.05) is 0 Å². The number of likely N-dealkylation sites (tertiary alicyclic amines) is 1. The lowest BCUT2D eigenvalue weighted by molar-refractivity contribution is -0.143. The molecule has 1 aliphatic carbocycles. The number of alkyl carbamates (subject to hydrolysis) is 1. The fourth-order valence-electron chi connectivity index (χ4n) is 5.19. The van der Waals surface area contributed by atoms with E-state index in [2.05, 4.69) is 10.6 Å². The molecule has 40 heavy (non-hydrogen) atoms. The Bertz CT molecular complexity index is 1050. The van der Waals surface area contributed by atoms with Crippen molar-refractivity contribution in [1.29, 1.82) is 0 Å². The molecule has 1 aromatic carbocycles. The lowest BCUT2D eigenvalue weighted by Gasteiger charge is -2.42. The van der Waals surface area contributed by atoms with Gasteiger partial charge in [-0.15, -0.1) is 0 Å². The maximum atomic E-state index is 13.6. The lowest BCUT2D eigenvalue weighted by Crippen LogP contribution is -2.62. The quantitative estimate of drug-likeness (QED) is 0.389. The second-order valence-corrected chi connectivity index (χ2v) is 11.6. The van der Waals surface area contributed by atoms with Gasteiger partial charge in [-0.25, -0.2) is 4.79 Å². The van der Waals surface area contributed by atoms with Crippen LogP contribution in [-0.4, -0.2) is 47.0 Å². The van der Waals surface area contributed by atoms with Crippen molar-refractivity contribution >= 4 is 23.6 Å². The zero-order valence-corrected chi connectivity index (χ0v) is 22.7. The number of halogens is 6. The van der Waals surface area contributed by atoms with Crippen molar-refractivity contribution in [2.24, 2.45) is 5.92 Å². The van der Waals surface area contributed by atoms with Crippen LogP contribution in [0.3, 0.4) is 0 Å². The highest BCUT2D eigenvalue weighted by atomic mass is 19.4. The fourth-order valence-corrected chi connectivity index (χ4v) is 5.19. The van der Waals surface area contributed by atoms with Gasteiger partial charge >= 0.3 is 18.4 Å². The number of anilines is 1. The van der Waals surface area contributed by atoms with Gasteiger partial charge in [-0.1, -0.05) is 19.3 Å². The summed E-state index contributed by atoms with van der Waals surface area (Å²) in [5, 5.41) is 4.98. The Hall–Kier alpha value is -2.99. The molecular formula is C27H35F6N3O4. The first-order valence-corrected chi connectivity index (χ1v) is 13.3. The van der Waals surface area contributed by atoms with Crippen molar-refractivity contribution in [3.8, 4) is 0 Å². The van der Waals surface area contributed by atoms with Crippen molar-refractivity contribution in [3.05, 3.63) is 29.3 Å². The highest BCUT2D eigenvalue weighted by molar-refractivity contribution is 5.91. The standard InChI is InChI=1S/C27H35F6N3O4/c1-24(2,3)40-23(39)35-25(9-5-4-6-10-25)22(38)36-11-7-17(8-12-36)13-21(37)34-20-15-18(26(28,29)30)14-19(16-20)27(31,32)33/h14-17H,4-13H2,1-3H3,(H,34,37)(H,35,39). The molecule has 7 nitrogen and oxygen atoms in total. The van der Waals surface area contributed by atoms with Crippen molar-refractivity contribution < 1.29 is 45.5 Å². The molecule has 2 N–H and O–H groups in total. The monoisotopic (exact) mass is 579 g/mol. The predicted octanol–water partition coefficient (Wildman–Crippen LogP) is 6.52. The molecule has 3 rings (SSSR count). The Kier molecular flexibility index (Phi) is 9.35. The molecule has 1 aliphatic heterocycles. The number of nitrogens with one attached hydrogen (secondary N) is 2. The van der Waals surface area contributed by atoms with E-state index in [-0.39, 0.29) is 24.3 Å². The van der Waals surface area contributed by atoms with Gasteiger partial charge in [0, 0.05) is 25.2 Å². The van der Waals surface area contributed by atoms with Crippen molar-refractivity contribution in [3.63, 3.8) is 0 Å². The second-order valence-electron chi connectivity index (χ2n) is 11.6. The number of carbonyl (C=O) groups excluding carboxylic acids is 3. The molecule has 2 fully saturated rings. The number of alkyl halides is 6. The molecule has 1 heterocycles. The number of ether oxygens (including phenoxy) is 1. The van der Waals surface area contributed by atoms with Gasteiger partial charge in [0.25, 0.3) is 0 Å². The molecule has 0 atom stereocenters. The molecule has 1 saturated heterocycles. The zero-order valence-electron chi connectivity index (χ0n) is 22.7. The van der Waals surface area contributed by atoms with Gasteiger partial charge in [-0.2, -0.15) is 26.3 Å². The van der Waals surface area contributed by atoms with E-state index in [4.69, 9.17) is 4.74 Å². The van der Waals surface area contributed by atoms with E-state index in [1.54, 1.807) is 25.7 Å². The molecule has 13 heteroatoms. The van der Waals surface area contributed by atoms with E-state index in [9.17, 15) is 40.7 Å². The Morgan fingerprint density at radius 3 is 1.90 bits per heavy atom. The Morgan fingerprint density at radius 2 is 1.43 bits per heavy atom. The number of hydrogen-bond acceptors (Lipinski definition) is 4. The third-order valence-corrected chi connectivity index (χ3v) is 7.10. The van der Waals surface area contributed by atoms with Crippen LogP contribution >= 0.6 is 0 Å². The molecule has 0 spiro atoms. The summed E-state index contributed by atoms with van der Waals surface area (Å²) < 4.78 is 84.0. The van der Waals surface area contributed by atoms with Gasteiger partial charge in [0.05, 0.1) is 11.1 Å². The molecular weight excluding hydrogens is 544 g/mol. The zero-order chi connectivity index (χ0) is 29.9. The van der Waals surface area contributed by atoms with Gasteiger partial charge in [-0.05, 0) is 70.6 Å². The van der Waals surface area contributed by atoms with Crippen LogP contribution in [0.25, 0.3) is 0 Å². The normalized spacial score (nSPS) is 18.7. The lowest BCUT2D eigenvalue weighted by atomic mass is 9.80. The fraction of sp³-hybridized carbons (Fsp3) is 0.667. The van der Waals surface area contributed by atoms with Crippen LogP contribution in [0.5, 0.6) is 0 Å². The maximum absolute atomic E-state index is 13.6. The average molecular weight is 580 g/mol. The first-order valence-electron chi connectivity index (χ1n) is 13.3. The van der Waals surface area contributed by atoms with Crippen LogP contribution in [0, 0.1) is 5.92 Å². The summed E-state index contributed by atoms with van der Waals surface area (Å²) in [5.41, 5.74) is -5.43. The van der Waals surface area contributed by atoms with Crippen LogP contribution in [0.1, 0.15) is 83.3 Å². The smallest absolute Gasteiger partial charge is 0.416 e. The third kappa shape index (κ3) is 8.50. The minimum atomic E-state index is -5.02. The van der Waals surface area contributed by atoms with E-state index in [1.165, 1.54) is 0 Å². The van der Waals surface area contributed by atoms with Crippen LogP contribution < -0.4 is 10.6 Å². The molecule has 224 valence electrons. The number of piperidine rings is 1. The molecule has 0 unspecified atom stereocenters. The summed E-state index contributed by atoms with van der Waals surface area (Å²) in [7, 11) is 0. The van der Waals surface area contributed by atoms with Crippen LogP contribution in [0.2, 0.25) is 0 Å². The van der Waals surface area contributed by atoms with Gasteiger partial charge in [-0.3, -0.25) is 9.59 Å². The minimum Gasteiger partial charge on any atom is -0.444 e. The van der Waals surface area contributed by atoms with Crippen LogP contribution in [-0.2, 0) is 26.7 Å². The predicted molar refractivity (Wildman–Crippen MR) is 134 cm³/mol.